The lowest BCUT2D eigenvalue weighted by atomic mass is 9.78. The summed E-state index contributed by atoms with van der Waals surface area (Å²) in [7, 11) is -3.59. The minimum atomic E-state index is -3.59. The van der Waals surface area contributed by atoms with Crippen LogP contribution in [0.4, 0.5) is 0 Å². The third kappa shape index (κ3) is 4.57. The monoisotopic (exact) mass is 401 g/mol. The summed E-state index contributed by atoms with van der Waals surface area (Å²) in [5, 5.41) is 3.42. The van der Waals surface area contributed by atoms with Gasteiger partial charge in [-0.05, 0) is 63.3 Å². The van der Waals surface area contributed by atoms with E-state index in [-0.39, 0.29) is 29.3 Å². The molecule has 6 nitrogen and oxygen atoms in total. The molecule has 1 aromatic rings. The molecule has 1 spiro atoms. The van der Waals surface area contributed by atoms with Gasteiger partial charge in [-0.2, -0.15) is 0 Å². The Morgan fingerprint density at radius 3 is 2.50 bits per heavy atom. The third-order valence-corrected chi connectivity index (χ3v) is 6.88. The summed E-state index contributed by atoms with van der Waals surface area (Å²) in [6.45, 7) is 7.13. The van der Waals surface area contributed by atoms with Gasteiger partial charge < -0.3 is 10.2 Å². The van der Waals surface area contributed by atoms with Gasteiger partial charge in [-0.1, -0.05) is 6.07 Å². The van der Waals surface area contributed by atoms with E-state index in [1.54, 1.807) is 26.0 Å². The molecule has 2 aliphatic heterocycles. The largest absolute Gasteiger partial charge is 0.339 e. The number of halogens is 1. The summed E-state index contributed by atoms with van der Waals surface area (Å²) in [6, 6.07) is 6.14. The molecule has 0 unspecified atom stereocenters. The van der Waals surface area contributed by atoms with Gasteiger partial charge >= 0.3 is 0 Å². The molecule has 8 heteroatoms. The molecule has 0 bridgehead atoms. The Morgan fingerprint density at radius 1 is 1.23 bits per heavy atom. The van der Waals surface area contributed by atoms with Gasteiger partial charge in [-0.3, -0.25) is 4.79 Å². The molecular weight excluding hydrogens is 374 g/mol. The fourth-order valence-electron chi connectivity index (χ4n) is 3.76. The van der Waals surface area contributed by atoms with Crippen LogP contribution < -0.4 is 10.0 Å². The molecule has 26 heavy (non-hydrogen) atoms. The van der Waals surface area contributed by atoms with E-state index < -0.39 is 10.0 Å². The minimum absolute atomic E-state index is 0. The van der Waals surface area contributed by atoms with E-state index in [1.165, 1.54) is 18.6 Å². The first-order valence-electron chi connectivity index (χ1n) is 8.94. The van der Waals surface area contributed by atoms with Gasteiger partial charge in [0.25, 0.3) is 5.91 Å². The first-order chi connectivity index (χ1) is 11.8. The van der Waals surface area contributed by atoms with Crippen LogP contribution in [0.2, 0.25) is 0 Å². The SMILES string of the molecule is CC(C)NS(=O)(=O)c1cccc(C(=O)N2CCC3(CCNC3)CC2)c1.Cl. The van der Waals surface area contributed by atoms with Crippen molar-refractivity contribution in [3.63, 3.8) is 0 Å². The molecule has 1 aromatic carbocycles. The van der Waals surface area contributed by atoms with Crippen molar-refractivity contribution in [1.82, 2.24) is 14.9 Å². The predicted molar refractivity (Wildman–Crippen MR) is 104 cm³/mol. The molecule has 2 fully saturated rings. The van der Waals surface area contributed by atoms with E-state index >= 15 is 0 Å². The fourth-order valence-corrected chi connectivity index (χ4v) is 5.06. The Morgan fingerprint density at radius 2 is 1.92 bits per heavy atom. The fraction of sp³-hybridized carbons (Fsp3) is 0.611. The molecule has 0 radical (unpaired) electrons. The number of hydrogen-bond acceptors (Lipinski definition) is 4. The number of piperidine rings is 1. The lowest BCUT2D eigenvalue weighted by Crippen LogP contribution is -2.44. The van der Waals surface area contributed by atoms with Crippen LogP contribution in [0, 0.1) is 5.41 Å². The number of nitrogens with zero attached hydrogens (tertiary/aromatic N) is 1. The van der Waals surface area contributed by atoms with E-state index in [9.17, 15) is 13.2 Å². The number of sulfonamides is 1. The van der Waals surface area contributed by atoms with Crippen molar-refractivity contribution >= 4 is 28.3 Å². The van der Waals surface area contributed by atoms with Crippen molar-refractivity contribution in [3.05, 3.63) is 29.8 Å². The van der Waals surface area contributed by atoms with E-state index in [0.29, 0.717) is 11.0 Å². The average molecular weight is 402 g/mol. The smallest absolute Gasteiger partial charge is 0.253 e. The van der Waals surface area contributed by atoms with Gasteiger partial charge in [-0.15, -0.1) is 12.4 Å². The lowest BCUT2D eigenvalue weighted by molar-refractivity contribution is 0.0607. The van der Waals surface area contributed by atoms with Crippen LogP contribution in [0.5, 0.6) is 0 Å². The van der Waals surface area contributed by atoms with Crippen LogP contribution in [0.15, 0.2) is 29.2 Å². The molecular formula is C18H28ClN3O3S. The van der Waals surface area contributed by atoms with Crippen LogP contribution >= 0.6 is 12.4 Å². The zero-order valence-electron chi connectivity index (χ0n) is 15.3. The number of hydrogen-bond donors (Lipinski definition) is 2. The van der Waals surface area contributed by atoms with Crippen molar-refractivity contribution in [2.75, 3.05) is 26.2 Å². The second-order valence-corrected chi connectivity index (χ2v) is 9.24. The molecule has 0 atom stereocenters. The number of nitrogens with one attached hydrogen (secondary N) is 2. The second-order valence-electron chi connectivity index (χ2n) is 7.52. The van der Waals surface area contributed by atoms with Crippen LogP contribution in [-0.2, 0) is 10.0 Å². The maximum atomic E-state index is 12.8. The molecule has 0 aromatic heterocycles. The molecule has 1 amide bonds. The number of carbonyl (C=O) groups is 1. The number of likely N-dealkylation sites (tertiary alicyclic amines) is 1. The topological polar surface area (TPSA) is 78.5 Å². The van der Waals surface area contributed by atoms with E-state index in [1.807, 2.05) is 4.90 Å². The molecule has 0 saturated carbocycles. The van der Waals surface area contributed by atoms with Gasteiger partial charge in [0.2, 0.25) is 10.0 Å². The van der Waals surface area contributed by atoms with Gasteiger partial charge in [0.05, 0.1) is 4.90 Å². The summed E-state index contributed by atoms with van der Waals surface area (Å²) in [6.07, 6.45) is 3.21. The first-order valence-corrected chi connectivity index (χ1v) is 10.4. The number of carbonyl (C=O) groups excluding carboxylic acids is 1. The van der Waals surface area contributed by atoms with Gasteiger partial charge in [-0.25, -0.2) is 13.1 Å². The van der Waals surface area contributed by atoms with Crippen LogP contribution in [0.25, 0.3) is 0 Å². The Balaban J connectivity index is 0.00000243. The highest BCUT2D eigenvalue weighted by molar-refractivity contribution is 7.89. The van der Waals surface area contributed by atoms with E-state index in [0.717, 1.165) is 39.0 Å². The summed E-state index contributed by atoms with van der Waals surface area (Å²) in [5.41, 5.74) is 0.788. The van der Waals surface area contributed by atoms with Crippen molar-refractivity contribution in [2.24, 2.45) is 5.41 Å². The quantitative estimate of drug-likeness (QED) is 0.808. The van der Waals surface area contributed by atoms with E-state index in [4.69, 9.17) is 0 Å². The molecule has 3 rings (SSSR count). The number of rotatable bonds is 4. The lowest BCUT2D eigenvalue weighted by Gasteiger charge is -2.39. The van der Waals surface area contributed by atoms with E-state index in [2.05, 4.69) is 10.0 Å². The Bertz CT molecular complexity index is 736. The highest BCUT2D eigenvalue weighted by atomic mass is 35.5. The zero-order valence-corrected chi connectivity index (χ0v) is 17.0. The average Bonchev–Trinajstić information content (AvgIpc) is 3.02. The molecule has 2 aliphatic rings. The summed E-state index contributed by atoms with van der Waals surface area (Å²) >= 11 is 0. The highest BCUT2D eigenvalue weighted by Gasteiger charge is 2.38. The molecule has 146 valence electrons. The second kappa shape index (κ2) is 8.25. The van der Waals surface area contributed by atoms with Crippen LogP contribution in [0.1, 0.15) is 43.5 Å². The zero-order chi connectivity index (χ0) is 18.1. The third-order valence-electron chi connectivity index (χ3n) is 5.23. The van der Waals surface area contributed by atoms with Crippen molar-refractivity contribution in [3.8, 4) is 0 Å². The number of benzene rings is 1. The van der Waals surface area contributed by atoms with Crippen molar-refractivity contribution in [1.29, 1.82) is 0 Å². The Hall–Kier alpha value is -1.15. The number of amides is 1. The first kappa shape index (κ1) is 21.2. The summed E-state index contributed by atoms with van der Waals surface area (Å²) < 4.78 is 27.2. The normalized spacial score (nSPS) is 19.6. The Kier molecular flexibility index (Phi) is 6.71. The predicted octanol–water partition coefficient (Wildman–Crippen LogP) is 2.01. The van der Waals surface area contributed by atoms with Crippen LogP contribution in [0.3, 0.4) is 0 Å². The van der Waals surface area contributed by atoms with Gasteiger partial charge in [0.1, 0.15) is 0 Å². The Labute approximate surface area is 162 Å². The maximum Gasteiger partial charge on any atom is 0.253 e. The van der Waals surface area contributed by atoms with Crippen molar-refractivity contribution in [2.45, 2.75) is 44.0 Å². The summed E-state index contributed by atoms with van der Waals surface area (Å²) in [4.78, 5) is 14.8. The van der Waals surface area contributed by atoms with Gasteiger partial charge in [0.15, 0.2) is 0 Å². The van der Waals surface area contributed by atoms with Crippen molar-refractivity contribution < 1.29 is 13.2 Å². The molecule has 2 saturated heterocycles. The van der Waals surface area contributed by atoms with Crippen LogP contribution in [-0.4, -0.2) is 51.4 Å². The van der Waals surface area contributed by atoms with Gasteiger partial charge in [0, 0.05) is 31.2 Å². The maximum absolute atomic E-state index is 12.8. The standard InChI is InChI=1S/C18H27N3O3S.ClH/c1-14(2)20-25(23,24)16-5-3-4-15(12-16)17(22)21-10-7-18(8-11-21)6-9-19-13-18;/h3-5,12,14,19-20H,6-11,13H2,1-2H3;1H. The molecule has 2 N–H and O–H groups in total. The molecule has 0 aliphatic carbocycles. The highest BCUT2D eigenvalue weighted by Crippen LogP contribution is 2.37. The summed E-state index contributed by atoms with van der Waals surface area (Å²) in [5.74, 6) is -0.0811. The molecule has 2 heterocycles. The minimum Gasteiger partial charge on any atom is -0.339 e.